The molecule has 0 aromatic heterocycles. The van der Waals surface area contributed by atoms with E-state index in [4.69, 9.17) is 46.4 Å². The number of carboxylic acids is 1. The Morgan fingerprint density at radius 2 is 1.27 bits per heavy atom. The predicted octanol–water partition coefficient (Wildman–Crippen LogP) is 5.08. The largest absolute Gasteiger partial charge is 0.480 e. The molecule has 160 valence electrons. The number of hydrogen-bond acceptors (Lipinski definition) is 3. The van der Waals surface area contributed by atoms with Crippen LogP contribution in [0.3, 0.4) is 0 Å². The number of halogens is 4. The summed E-state index contributed by atoms with van der Waals surface area (Å²) < 4.78 is 0. The number of carboxylic acid groups (broad SMARTS) is 1. The fraction of sp³-hybridized carbons (Fsp3) is 0.250. The first-order valence-corrected chi connectivity index (χ1v) is 10.4. The van der Waals surface area contributed by atoms with Gasteiger partial charge in [0.15, 0.2) is 0 Å². The van der Waals surface area contributed by atoms with Crippen molar-refractivity contribution >= 4 is 64.2 Å². The van der Waals surface area contributed by atoms with E-state index >= 15 is 0 Å². The summed E-state index contributed by atoms with van der Waals surface area (Å²) in [5, 5.41) is 15.2. The molecule has 0 aliphatic rings. The van der Waals surface area contributed by atoms with Crippen molar-refractivity contribution in [2.45, 2.75) is 25.3 Å². The van der Waals surface area contributed by atoms with Crippen LogP contribution in [0.5, 0.6) is 0 Å². The molecule has 0 aliphatic carbocycles. The molecule has 2 aromatic rings. The van der Waals surface area contributed by atoms with Gasteiger partial charge in [-0.15, -0.1) is 0 Å². The highest BCUT2D eigenvalue weighted by molar-refractivity contribution is 6.40. The number of carbonyl (C=O) groups is 3. The van der Waals surface area contributed by atoms with Gasteiger partial charge in [-0.1, -0.05) is 58.5 Å². The molecule has 0 fully saturated rings. The highest BCUT2D eigenvalue weighted by Crippen LogP contribution is 2.25. The molecule has 2 amide bonds. The first kappa shape index (κ1) is 24.3. The Balaban J connectivity index is 1.85. The average molecular weight is 492 g/mol. The van der Waals surface area contributed by atoms with Crippen LogP contribution in [0.15, 0.2) is 36.4 Å². The molecule has 0 saturated carbocycles. The van der Waals surface area contributed by atoms with Crippen molar-refractivity contribution in [1.29, 1.82) is 0 Å². The molecule has 3 N–H and O–H groups in total. The second kappa shape index (κ2) is 11.4. The molecule has 1 atom stereocenters. The van der Waals surface area contributed by atoms with Crippen LogP contribution >= 0.6 is 46.4 Å². The molecular weight excluding hydrogens is 474 g/mol. The van der Waals surface area contributed by atoms with E-state index in [0.717, 1.165) is 0 Å². The lowest BCUT2D eigenvalue weighted by atomic mass is 10.1. The van der Waals surface area contributed by atoms with E-state index in [0.29, 0.717) is 12.8 Å². The van der Waals surface area contributed by atoms with Crippen LogP contribution < -0.4 is 10.6 Å². The van der Waals surface area contributed by atoms with Crippen LogP contribution in [0.1, 0.15) is 40.0 Å². The molecule has 10 heteroatoms. The van der Waals surface area contributed by atoms with Gasteiger partial charge in [0.05, 0.1) is 31.2 Å². The summed E-state index contributed by atoms with van der Waals surface area (Å²) in [5.74, 6) is -2.26. The van der Waals surface area contributed by atoms with Gasteiger partial charge < -0.3 is 15.7 Å². The van der Waals surface area contributed by atoms with Crippen LogP contribution in [0, 0.1) is 0 Å². The highest BCUT2D eigenvalue weighted by atomic mass is 35.5. The fourth-order valence-electron chi connectivity index (χ4n) is 2.68. The normalized spacial score (nSPS) is 11.6. The van der Waals surface area contributed by atoms with Gasteiger partial charge in [0, 0.05) is 6.54 Å². The summed E-state index contributed by atoms with van der Waals surface area (Å²) in [4.78, 5) is 36.1. The molecule has 0 bridgehead atoms. The lowest BCUT2D eigenvalue weighted by molar-refractivity contribution is -0.139. The third kappa shape index (κ3) is 6.51. The number of amides is 2. The van der Waals surface area contributed by atoms with E-state index < -0.39 is 23.8 Å². The van der Waals surface area contributed by atoms with Gasteiger partial charge in [0.25, 0.3) is 11.8 Å². The Hall–Kier alpha value is -1.99. The predicted molar refractivity (Wildman–Crippen MR) is 118 cm³/mol. The summed E-state index contributed by atoms with van der Waals surface area (Å²) >= 11 is 24.0. The lowest BCUT2D eigenvalue weighted by Crippen LogP contribution is -2.41. The number of unbranched alkanes of at least 4 members (excludes halogenated alkanes) is 1. The van der Waals surface area contributed by atoms with Gasteiger partial charge in [-0.25, -0.2) is 4.79 Å². The molecule has 30 heavy (non-hydrogen) atoms. The zero-order valence-electron chi connectivity index (χ0n) is 15.6. The van der Waals surface area contributed by atoms with Crippen LogP contribution in [-0.4, -0.2) is 35.5 Å². The summed E-state index contributed by atoms with van der Waals surface area (Å²) in [7, 11) is 0. The van der Waals surface area contributed by atoms with Crippen molar-refractivity contribution in [3.63, 3.8) is 0 Å². The summed E-state index contributed by atoms with van der Waals surface area (Å²) in [6.07, 6.45) is 1.08. The molecule has 0 heterocycles. The quantitative estimate of drug-likeness (QED) is 0.426. The SMILES string of the molecule is O=C(NCCCCC(NC(=O)c1c(Cl)cccc1Cl)C(=O)O)c1c(Cl)cccc1Cl. The number of benzene rings is 2. The number of rotatable bonds is 9. The maximum atomic E-state index is 12.4. The fourth-order valence-corrected chi connectivity index (χ4v) is 3.82. The first-order chi connectivity index (χ1) is 14.2. The van der Waals surface area contributed by atoms with Gasteiger partial charge in [-0.05, 0) is 43.5 Å². The van der Waals surface area contributed by atoms with Crippen molar-refractivity contribution in [2.24, 2.45) is 0 Å². The summed E-state index contributed by atoms with van der Waals surface area (Å²) in [6, 6.07) is 8.20. The molecule has 6 nitrogen and oxygen atoms in total. The first-order valence-electron chi connectivity index (χ1n) is 8.92. The van der Waals surface area contributed by atoms with E-state index in [-0.39, 0.29) is 44.2 Å². The Morgan fingerprint density at radius 3 is 1.73 bits per heavy atom. The van der Waals surface area contributed by atoms with Crippen molar-refractivity contribution in [2.75, 3.05) is 6.54 Å². The van der Waals surface area contributed by atoms with E-state index in [9.17, 15) is 19.5 Å². The summed E-state index contributed by atoms with van der Waals surface area (Å²) in [6.45, 7) is 0.289. The minimum atomic E-state index is -1.18. The van der Waals surface area contributed by atoms with Gasteiger partial charge in [-0.3, -0.25) is 9.59 Å². The molecule has 0 radical (unpaired) electrons. The van der Waals surface area contributed by atoms with Gasteiger partial charge in [0.1, 0.15) is 6.04 Å². The Morgan fingerprint density at radius 1 is 0.800 bits per heavy atom. The topological polar surface area (TPSA) is 95.5 Å². The zero-order valence-corrected chi connectivity index (χ0v) is 18.6. The maximum Gasteiger partial charge on any atom is 0.326 e. The zero-order chi connectivity index (χ0) is 22.3. The molecule has 1 unspecified atom stereocenters. The third-order valence-corrected chi connectivity index (χ3v) is 5.45. The van der Waals surface area contributed by atoms with E-state index in [1.165, 1.54) is 12.1 Å². The van der Waals surface area contributed by atoms with Crippen molar-refractivity contribution in [3.05, 3.63) is 67.6 Å². The van der Waals surface area contributed by atoms with Crippen molar-refractivity contribution in [1.82, 2.24) is 10.6 Å². The number of carbonyl (C=O) groups excluding carboxylic acids is 2. The smallest absolute Gasteiger partial charge is 0.326 e. The van der Waals surface area contributed by atoms with Crippen LogP contribution in [0.4, 0.5) is 0 Å². The monoisotopic (exact) mass is 490 g/mol. The van der Waals surface area contributed by atoms with Crippen molar-refractivity contribution < 1.29 is 19.5 Å². The lowest BCUT2D eigenvalue weighted by Gasteiger charge is -2.16. The molecule has 0 saturated heterocycles. The van der Waals surface area contributed by atoms with Crippen LogP contribution in [-0.2, 0) is 4.79 Å². The standard InChI is InChI=1S/C20H18Cl4N2O4/c21-11-5-3-6-12(22)16(11)18(27)25-10-2-1-9-15(20(29)30)26-19(28)17-13(23)7-4-8-14(17)24/h3-8,15H,1-2,9-10H2,(H,25,27)(H,26,28)(H,29,30). The minimum Gasteiger partial charge on any atom is -0.480 e. The average Bonchev–Trinajstić information content (AvgIpc) is 2.66. The van der Waals surface area contributed by atoms with Crippen LogP contribution in [0.2, 0.25) is 20.1 Å². The second-order valence-corrected chi connectivity index (χ2v) is 7.94. The van der Waals surface area contributed by atoms with Crippen LogP contribution in [0.25, 0.3) is 0 Å². The van der Waals surface area contributed by atoms with E-state index in [1.807, 2.05) is 0 Å². The number of hydrogen-bond donors (Lipinski definition) is 3. The van der Waals surface area contributed by atoms with Gasteiger partial charge in [-0.2, -0.15) is 0 Å². The maximum absolute atomic E-state index is 12.4. The van der Waals surface area contributed by atoms with Gasteiger partial charge in [0.2, 0.25) is 0 Å². The molecule has 0 aliphatic heterocycles. The highest BCUT2D eigenvalue weighted by Gasteiger charge is 2.23. The van der Waals surface area contributed by atoms with E-state index in [2.05, 4.69) is 10.6 Å². The van der Waals surface area contributed by atoms with Gasteiger partial charge >= 0.3 is 5.97 Å². The molecular formula is C20H18Cl4N2O4. The van der Waals surface area contributed by atoms with Crippen molar-refractivity contribution in [3.8, 4) is 0 Å². The Labute approximate surface area is 193 Å². The summed E-state index contributed by atoms with van der Waals surface area (Å²) in [5.41, 5.74) is 0.212. The molecule has 2 rings (SSSR count). The Kier molecular flexibility index (Phi) is 9.24. The third-order valence-electron chi connectivity index (χ3n) is 4.19. The number of aliphatic carboxylic acids is 1. The number of nitrogens with one attached hydrogen (secondary N) is 2. The van der Waals surface area contributed by atoms with E-state index in [1.54, 1.807) is 24.3 Å². The Bertz CT molecular complexity index is 912. The second-order valence-electron chi connectivity index (χ2n) is 6.31. The minimum absolute atomic E-state index is 0.0240. The molecule has 0 spiro atoms. The molecule has 2 aromatic carbocycles.